The van der Waals surface area contributed by atoms with Crippen molar-refractivity contribution in [1.29, 1.82) is 0 Å². The Labute approximate surface area is 151 Å². The molecule has 5 nitrogen and oxygen atoms in total. The normalized spacial score (nSPS) is 10.5. The first kappa shape index (κ1) is 17.5. The molecular weight excluding hydrogens is 331 g/mol. The van der Waals surface area contributed by atoms with Crippen molar-refractivity contribution in [2.24, 2.45) is 0 Å². The summed E-state index contributed by atoms with van der Waals surface area (Å²) >= 11 is 0. The number of aryl methyl sites for hydroxylation is 2. The lowest BCUT2D eigenvalue weighted by atomic mass is 10.1. The first-order chi connectivity index (χ1) is 12.4. The molecule has 0 fully saturated rings. The van der Waals surface area contributed by atoms with Crippen LogP contribution in [0.25, 0.3) is 0 Å². The number of hydrogen-bond acceptors (Lipinski definition) is 4. The van der Waals surface area contributed by atoms with Crippen LogP contribution >= 0.6 is 0 Å². The summed E-state index contributed by atoms with van der Waals surface area (Å²) in [5, 5.41) is 5.87. The summed E-state index contributed by atoms with van der Waals surface area (Å²) in [7, 11) is 0. The van der Waals surface area contributed by atoms with E-state index in [1.54, 1.807) is 25.1 Å². The Kier molecular flexibility index (Phi) is 4.93. The van der Waals surface area contributed by atoms with Gasteiger partial charge in [-0.15, -0.1) is 0 Å². The van der Waals surface area contributed by atoms with Gasteiger partial charge in [-0.25, -0.2) is 14.4 Å². The summed E-state index contributed by atoms with van der Waals surface area (Å²) in [6, 6.07) is 13.3. The quantitative estimate of drug-likeness (QED) is 0.725. The van der Waals surface area contributed by atoms with Crippen molar-refractivity contribution in [3.05, 3.63) is 77.0 Å². The van der Waals surface area contributed by atoms with Crippen LogP contribution in [-0.2, 0) is 0 Å². The Morgan fingerprint density at radius 2 is 1.77 bits per heavy atom. The number of carbonyl (C=O) groups excluding carboxylic acids is 1. The zero-order chi connectivity index (χ0) is 18.7. The monoisotopic (exact) mass is 350 g/mol. The molecule has 1 aromatic heterocycles. The van der Waals surface area contributed by atoms with Crippen molar-refractivity contribution >= 4 is 23.1 Å². The molecular formula is C20H19FN4O. The SMILES string of the molecule is Cc1nc(Nc2cccc(F)c2)cc(C(=O)Nc2cccc(C)c2C)n1. The number of anilines is 3. The molecule has 3 aromatic rings. The van der Waals surface area contributed by atoms with E-state index < -0.39 is 0 Å². The van der Waals surface area contributed by atoms with Gasteiger partial charge in [-0.2, -0.15) is 0 Å². The molecule has 132 valence electrons. The van der Waals surface area contributed by atoms with Gasteiger partial charge < -0.3 is 10.6 Å². The first-order valence-corrected chi connectivity index (χ1v) is 8.18. The Hall–Kier alpha value is -3.28. The number of halogens is 1. The number of aromatic nitrogens is 2. The van der Waals surface area contributed by atoms with Gasteiger partial charge in [0, 0.05) is 17.4 Å². The predicted octanol–water partition coefficient (Wildman–Crippen LogP) is 4.54. The van der Waals surface area contributed by atoms with Crippen molar-refractivity contribution in [2.75, 3.05) is 10.6 Å². The third-order valence-corrected chi connectivity index (χ3v) is 4.02. The minimum atomic E-state index is -0.353. The van der Waals surface area contributed by atoms with Crippen LogP contribution in [0.15, 0.2) is 48.5 Å². The Bertz CT molecular complexity index is 972. The first-order valence-electron chi connectivity index (χ1n) is 8.18. The third kappa shape index (κ3) is 4.03. The zero-order valence-corrected chi connectivity index (χ0v) is 14.8. The van der Waals surface area contributed by atoms with Crippen LogP contribution in [0.2, 0.25) is 0 Å². The molecule has 2 aromatic carbocycles. The second kappa shape index (κ2) is 7.31. The number of nitrogens with one attached hydrogen (secondary N) is 2. The van der Waals surface area contributed by atoms with E-state index in [0.29, 0.717) is 17.3 Å². The molecule has 0 unspecified atom stereocenters. The second-order valence-electron chi connectivity index (χ2n) is 6.02. The van der Waals surface area contributed by atoms with E-state index in [-0.39, 0.29) is 17.4 Å². The van der Waals surface area contributed by atoms with E-state index in [4.69, 9.17) is 0 Å². The molecule has 1 amide bonds. The lowest BCUT2D eigenvalue weighted by Crippen LogP contribution is -2.16. The molecule has 0 saturated carbocycles. The number of hydrogen-bond donors (Lipinski definition) is 2. The Balaban J connectivity index is 1.84. The number of nitrogens with zero attached hydrogens (tertiary/aromatic N) is 2. The van der Waals surface area contributed by atoms with Crippen molar-refractivity contribution in [3.8, 4) is 0 Å². The van der Waals surface area contributed by atoms with E-state index in [1.165, 1.54) is 12.1 Å². The Morgan fingerprint density at radius 3 is 2.54 bits per heavy atom. The molecule has 0 saturated heterocycles. The van der Waals surface area contributed by atoms with Gasteiger partial charge in [0.25, 0.3) is 5.91 Å². The van der Waals surface area contributed by atoms with Crippen LogP contribution in [0.3, 0.4) is 0 Å². The molecule has 0 radical (unpaired) electrons. The summed E-state index contributed by atoms with van der Waals surface area (Å²) in [6.07, 6.45) is 0. The molecule has 0 aliphatic carbocycles. The van der Waals surface area contributed by atoms with Crippen LogP contribution < -0.4 is 10.6 Å². The van der Waals surface area contributed by atoms with Crippen molar-refractivity contribution in [3.63, 3.8) is 0 Å². The molecule has 2 N–H and O–H groups in total. The minimum absolute atomic E-state index is 0.234. The standard InChI is InChI=1S/C20H19FN4O/c1-12-6-4-9-17(13(12)2)25-20(26)18-11-19(23-14(3)22-18)24-16-8-5-7-15(21)10-16/h4-11H,1-3H3,(H,25,26)(H,22,23,24). The maximum atomic E-state index is 13.3. The average molecular weight is 350 g/mol. The topological polar surface area (TPSA) is 66.9 Å². The fraction of sp³-hybridized carbons (Fsp3) is 0.150. The largest absolute Gasteiger partial charge is 0.340 e. The predicted molar refractivity (Wildman–Crippen MR) is 100 cm³/mol. The highest BCUT2D eigenvalue weighted by Crippen LogP contribution is 2.20. The van der Waals surface area contributed by atoms with Gasteiger partial charge in [-0.05, 0) is 56.2 Å². The lowest BCUT2D eigenvalue weighted by molar-refractivity contribution is 0.102. The minimum Gasteiger partial charge on any atom is -0.340 e. The van der Waals surface area contributed by atoms with Crippen LogP contribution in [0.5, 0.6) is 0 Å². The van der Waals surface area contributed by atoms with Gasteiger partial charge in [0.15, 0.2) is 0 Å². The molecule has 0 atom stereocenters. The lowest BCUT2D eigenvalue weighted by Gasteiger charge is -2.11. The van der Waals surface area contributed by atoms with Gasteiger partial charge in [0.05, 0.1) is 0 Å². The smallest absolute Gasteiger partial charge is 0.274 e. The molecule has 0 aliphatic rings. The van der Waals surface area contributed by atoms with E-state index in [2.05, 4.69) is 20.6 Å². The zero-order valence-electron chi connectivity index (χ0n) is 14.8. The van der Waals surface area contributed by atoms with Crippen molar-refractivity contribution < 1.29 is 9.18 Å². The van der Waals surface area contributed by atoms with E-state index in [9.17, 15) is 9.18 Å². The summed E-state index contributed by atoms with van der Waals surface area (Å²) in [5.74, 6) is 0.187. The fourth-order valence-electron chi connectivity index (χ4n) is 2.54. The number of rotatable bonds is 4. The van der Waals surface area contributed by atoms with Gasteiger partial charge >= 0.3 is 0 Å². The molecule has 26 heavy (non-hydrogen) atoms. The maximum absolute atomic E-state index is 13.3. The number of benzene rings is 2. The summed E-state index contributed by atoms with van der Waals surface area (Å²) in [6.45, 7) is 5.64. The highest BCUT2D eigenvalue weighted by Gasteiger charge is 2.13. The van der Waals surface area contributed by atoms with Gasteiger partial charge in [0.2, 0.25) is 0 Å². The van der Waals surface area contributed by atoms with Crippen molar-refractivity contribution in [1.82, 2.24) is 9.97 Å². The average Bonchev–Trinajstić information content (AvgIpc) is 2.58. The van der Waals surface area contributed by atoms with Crippen LogP contribution in [0, 0.1) is 26.6 Å². The van der Waals surface area contributed by atoms with Crippen LogP contribution in [0.4, 0.5) is 21.6 Å². The molecule has 0 aliphatic heterocycles. The van der Waals surface area contributed by atoms with E-state index in [0.717, 1.165) is 16.8 Å². The highest BCUT2D eigenvalue weighted by molar-refractivity contribution is 6.03. The van der Waals surface area contributed by atoms with Crippen LogP contribution in [0.1, 0.15) is 27.4 Å². The van der Waals surface area contributed by atoms with E-state index in [1.807, 2.05) is 32.0 Å². The molecule has 1 heterocycles. The van der Waals surface area contributed by atoms with Gasteiger partial charge in [0.1, 0.15) is 23.2 Å². The summed E-state index contributed by atoms with van der Waals surface area (Å²) in [4.78, 5) is 21.1. The summed E-state index contributed by atoms with van der Waals surface area (Å²) < 4.78 is 13.3. The molecule has 6 heteroatoms. The highest BCUT2D eigenvalue weighted by atomic mass is 19.1. The Morgan fingerprint density at radius 1 is 1.00 bits per heavy atom. The molecule has 0 bridgehead atoms. The van der Waals surface area contributed by atoms with Gasteiger partial charge in [-0.1, -0.05) is 18.2 Å². The maximum Gasteiger partial charge on any atom is 0.274 e. The molecule has 0 spiro atoms. The fourth-order valence-corrected chi connectivity index (χ4v) is 2.54. The number of carbonyl (C=O) groups is 1. The van der Waals surface area contributed by atoms with Crippen molar-refractivity contribution in [2.45, 2.75) is 20.8 Å². The van der Waals surface area contributed by atoms with Gasteiger partial charge in [-0.3, -0.25) is 4.79 Å². The second-order valence-corrected chi connectivity index (χ2v) is 6.02. The number of amides is 1. The molecule has 3 rings (SSSR count). The van der Waals surface area contributed by atoms with Crippen LogP contribution in [-0.4, -0.2) is 15.9 Å². The van der Waals surface area contributed by atoms with E-state index >= 15 is 0 Å². The summed E-state index contributed by atoms with van der Waals surface area (Å²) in [5.41, 5.74) is 3.62. The third-order valence-electron chi connectivity index (χ3n) is 4.02.